The summed E-state index contributed by atoms with van der Waals surface area (Å²) in [6.45, 7) is 3.50. The number of amides is 2. The Morgan fingerprint density at radius 3 is 2.34 bits per heavy atom. The molecule has 1 aromatic rings. The van der Waals surface area contributed by atoms with Gasteiger partial charge in [0.05, 0.1) is 23.9 Å². The van der Waals surface area contributed by atoms with Gasteiger partial charge in [0.1, 0.15) is 17.4 Å². The molecule has 0 unspecified atom stereocenters. The van der Waals surface area contributed by atoms with Gasteiger partial charge in [0.25, 0.3) is 5.91 Å². The summed E-state index contributed by atoms with van der Waals surface area (Å²) in [6.07, 6.45) is 1.67. The van der Waals surface area contributed by atoms with Crippen LogP contribution in [0.1, 0.15) is 39.5 Å². The number of anilines is 1. The third kappa shape index (κ3) is 5.28. The van der Waals surface area contributed by atoms with Crippen LogP contribution in [0.3, 0.4) is 0 Å². The summed E-state index contributed by atoms with van der Waals surface area (Å²) in [6, 6.07) is 2.15. The molecular formula is C20H22Cl2FNO5. The number of rotatable bonds is 6. The number of methoxy groups -OCH3 is 1. The van der Waals surface area contributed by atoms with Gasteiger partial charge in [-0.3, -0.25) is 9.59 Å². The zero-order valence-electron chi connectivity index (χ0n) is 16.4. The van der Waals surface area contributed by atoms with Gasteiger partial charge < -0.3 is 9.47 Å². The molecule has 0 heterocycles. The number of nitrogens with zero attached hydrogens (tertiary/aromatic N) is 1. The van der Waals surface area contributed by atoms with Crippen LogP contribution in [0.15, 0.2) is 23.3 Å². The molecule has 0 spiro atoms. The highest BCUT2D eigenvalue weighted by Gasteiger charge is 2.33. The maximum atomic E-state index is 14.7. The lowest BCUT2D eigenvalue weighted by Gasteiger charge is -2.26. The molecule has 0 fully saturated rings. The van der Waals surface area contributed by atoms with Crippen molar-refractivity contribution in [2.45, 2.75) is 45.6 Å². The number of esters is 1. The molecule has 2 rings (SSSR count). The van der Waals surface area contributed by atoms with E-state index in [4.69, 9.17) is 32.7 Å². The van der Waals surface area contributed by atoms with Gasteiger partial charge in [-0.1, -0.05) is 11.6 Å². The van der Waals surface area contributed by atoms with Crippen molar-refractivity contribution in [1.82, 2.24) is 0 Å². The van der Waals surface area contributed by atoms with Gasteiger partial charge in [0, 0.05) is 17.2 Å². The van der Waals surface area contributed by atoms with Crippen molar-refractivity contribution in [2.24, 2.45) is 0 Å². The van der Waals surface area contributed by atoms with Gasteiger partial charge >= 0.3 is 5.97 Å². The number of hydrogen-bond acceptors (Lipinski definition) is 5. The SMILES string of the molecule is COC(=O)C1=C(C(=O)N(C(=O)CCl)c2cc(OC(C)C)c(Cl)cc2F)CCCC1. The average Bonchev–Trinajstić information content (AvgIpc) is 2.70. The Labute approximate surface area is 178 Å². The molecule has 0 atom stereocenters. The number of alkyl halides is 1. The maximum absolute atomic E-state index is 14.7. The molecular weight excluding hydrogens is 424 g/mol. The van der Waals surface area contributed by atoms with Gasteiger partial charge in [-0.15, -0.1) is 11.6 Å². The van der Waals surface area contributed by atoms with Crippen molar-refractivity contribution in [3.8, 4) is 5.75 Å². The van der Waals surface area contributed by atoms with Crippen molar-refractivity contribution < 1.29 is 28.2 Å². The predicted octanol–water partition coefficient (Wildman–Crippen LogP) is 4.41. The summed E-state index contributed by atoms with van der Waals surface area (Å²) in [5.74, 6) is -3.64. The highest BCUT2D eigenvalue weighted by atomic mass is 35.5. The number of carbonyl (C=O) groups is 3. The molecule has 0 aromatic heterocycles. The fourth-order valence-electron chi connectivity index (χ4n) is 3.08. The molecule has 158 valence electrons. The Morgan fingerprint density at radius 2 is 1.79 bits per heavy atom. The summed E-state index contributed by atoms with van der Waals surface area (Å²) in [5, 5.41) is -0.00203. The second-order valence-corrected chi connectivity index (χ2v) is 7.40. The summed E-state index contributed by atoms with van der Waals surface area (Å²) >= 11 is 11.7. The zero-order chi connectivity index (χ0) is 21.7. The molecule has 1 aliphatic rings. The van der Waals surface area contributed by atoms with Crippen LogP contribution >= 0.6 is 23.2 Å². The Morgan fingerprint density at radius 1 is 1.17 bits per heavy atom. The van der Waals surface area contributed by atoms with Crippen LogP contribution in [0, 0.1) is 5.82 Å². The van der Waals surface area contributed by atoms with Gasteiger partial charge in [-0.05, 0) is 45.6 Å². The Kier molecular flexibility index (Phi) is 8.05. The molecule has 0 bridgehead atoms. The maximum Gasteiger partial charge on any atom is 0.334 e. The zero-order valence-corrected chi connectivity index (χ0v) is 17.9. The Hall–Kier alpha value is -2.12. The topological polar surface area (TPSA) is 72.9 Å². The van der Waals surface area contributed by atoms with Crippen molar-refractivity contribution in [1.29, 1.82) is 0 Å². The molecule has 0 aliphatic heterocycles. The minimum Gasteiger partial charge on any atom is -0.489 e. The highest BCUT2D eigenvalue weighted by Crippen LogP contribution is 2.35. The van der Waals surface area contributed by atoms with Crippen LogP contribution in [0.4, 0.5) is 10.1 Å². The van der Waals surface area contributed by atoms with E-state index >= 15 is 0 Å². The first-order chi connectivity index (χ1) is 13.7. The first-order valence-corrected chi connectivity index (χ1v) is 10.0. The number of halogens is 3. The summed E-state index contributed by atoms with van der Waals surface area (Å²) in [4.78, 5) is 38.5. The lowest BCUT2D eigenvalue weighted by molar-refractivity contribution is -0.137. The number of carbonyl (C=O) groups excluding carboxylic acids is 3. The van der Waals surface area contributed by atoms with E-state index in [0.717, 1.165) is 6.07 Å². The van der Waals surface area contributed by atoms with E-state index in [-0.39, 0.29) is 40.1 Å². The largest absolute Gasteiger partial charge is 0.489 e. The quantitative estimate of drug-likeness (QED) is 0.478. The number of hydrogen-bond donors (Lipinski definition) is 0. The molecule has 1 aliphatic carbocycles. The lowest BCUT2D eigenvalue weighted by Crippen LogP contribution is -2.40. The second kappa shape index (κ2) is 10.1. The smallest absolute Gasteiger partial charge is 0.334 e. The molecule has 0 saturated carbocycles. The van der Waals surface area contributed by atoms with E-state index in [1.165, 1.54) is 13.2 Å². The molecule has 0 radical (unpaired) electrons. The Balaban J connectivity index is 2.60. The molecule has 6 nitrogen and oxygen atoms in total. The van der Waals surface area contributed by atoms with Crippen LogP contribution in [0.2, 0.25) is 5.02 Å². The first-order valence-electron chi connectivity index (χ1n) is 9.10. The predicted molar refractivity (Wildman–Crippen MR) is 108 cm³/mol. The highest BCUT2D eigenvalue weighted by molar-refractivity contribution is 6.35. The van der Waals surface area contributed by atoms with Gasteiger partial charge in [-0.25, -0.2) is 14.1 Å². The van der Waals surface area contributed by atoms with Crippen LogP contribution in [0.25, 0.3) is 0 Å². The van der Waals surface area contributed by atoms with Gasteiger partial charge in [0.15, 0.2) is 0 Å². The fraction of sp³-hybridized carbons (Fsp3) is 0.450. The van der Waals surface area contributed by atoms with Crippen molar-refractivity contribution in [3.63, 3.8) is 0 Å². The fourth-order valence-corrected chi connectivity index (χ4v) is 3.39. The number of imide groups is 1. The van der Waals surface area contributed by atoms with E-state index in [9.17, 15) is 18.8 Å². The monoisotopic (exact) mass is 445 g/mol. The van der Waals surface area contributed by atoms with Crippen LogP contribution in [0.5, 0.6) is 5.75 Å². The van der Waals surface area contributed by atoms with Crippen LogP contribution < -0.4 is 9.64 Å². The average molecular weight is 446 g/mol. The van der Waals surface area contributed by atoms with Crippen LogP contribution in [-0.2, 0) is 19.1 Å². The molecule has 1 aromatic carbocycles. The minimum absolute atomic E-state index is 0.00203. The van der Waals surface area contributed by atoms with Gasteiger partial charge in [0.2, 0.25) is 5.91 Å². The van der Waals surface area contributed by atoms with Crippen molar-refractivity contribution in [3.05, 3.63) is 34.1 Å². The van der Waals surface area contributed by atoms with Crippen molar-refractivity contribution in [2.75, 3.05) is 17.9 Å². The number of ether oxygens (including phenoxy) is 2. The normalized spacial score (nSPS) is 14.0. The third-order valence-corrected chi connectivity index (χ3v) is 4.85. The summed E-state index contributed by atoms with van der Waals surface area (Å²) in [7, 11) is 1.21. The minimum atomic E-state index is -0.894. The number of benzene rings is 1. The van der Waals surface area contributed by atoms with Crippen molar-refractivity contribution >= 4 is 46.7 Å². The van der Waals surface area contributed by atoms with E-state index in [2.05, 4.69) is 0 Å². The lowest BCUT2D eigenvalue weighted by atomic mass is 9.90. The summed E-state index contributed by atoms with van der Waals surface area (Å²) < 4.78 is 25.0. The molecule has 2 amide bonds. The second-order valence-electron chi connectivity index (χ2n) is 6.72. The molecule has 0 saturated heterocycles. The Bertz CT molecular complexity index is 854. The molecule has 29 heavy (non-hydrogen) atoms. The van der Waals surface area contributed by atoms with E-state index in [1.54, 1.807) is 13.8 Å². The van der Waals surface area contributed by atoms with E-state index in [1.807, 2.05) is 0 Å². The standard InChI is InChI=1S/C20H22Cl2FNO5/c1-11(2)29-17-9-16(15(23)8-14(17)22)24(18(25)10-21)19(26)12-6-4-5-7-13(12)20(27)28-3/h8-9,11H,4-7,10H2,1-3H3. The first kappa shape index (κ1) is 23.2. The summed E-state index contributed by atoms with van der Waals surface area (Å²) in [5.41, 5.74) is -0.0469. The van der Waals surface area contributed by atoms with E-state index in [0.29, 0.717) is 24.2 Å². The molecule has 9 heteroatoms. The molecule has 0 N–H and O–H groups in total. The van der Waals surface area contributed by atoms with Crippen LogP contribution in [-0.4, -0.2) is 36.9 Å². The van der Waals surface area contributed by atoms with E-state index < -0.39 is 29.5 Å². The third-order valence-electron chi connectivity index (χ3n) is 4.33. The van der Waals surface area contributed by atoms with Gasteiger partial charge in [-0.2, -0.15) is 0 Å².